The zero-order valence-electron chi connectivity index (χ0n) is 7.76. The quantitative estimate of drug-likeness (QED) is 0.490. The summed E-state index contributed by atoms with van der Waals surface area (Å²) in [5, 5.41) is 2.81. The molecule has 0 heterocycles. The summed E-state index contributed by atoms with van der Waals surface area (Å²) >= 11 is 1.38. The van der Waals surface area contributed by atoms with Crippen molar-refractivity contribution in [3.63, 3.8) is 0 Å². The lowest BCUT2D eigenvalue weighted by atomic mass is 10.3. The maximum Gasteiger partial charge on any atom is 0.219 e. The Balaban J connectivity index is 2.95. The van der Waals surface area contributed by atoms with Crippen LogP contribution < -0.4 is 5.32 Å². The minimum atomic E-state index is 0.126. The fraction of sp³-hybridized carbons (Fsp3) is 0.875. The minimum Gasteiger partial charge on any atom is -0.356 e. The minimum absolute atomic E-state index is 0.126. The molecular formula is C8H17NO2S. The summed E-state index contributed by atoms with van der Waals surface area (Å²) in [6.45, 7) is 3.39. The fourth-order valence-corrected chi connectivity index (χ4v) is 1.01. The smallest absolute Gasteiger partial charge is 0.219 e. The van der Waals surface area contributed by atoms with Crippen molar-refractivity contribution in [3.05, 3.63) is 0 Å². The summed E-state index contributed by atoms with van der Waals surface area (Å²) in [6.07, 6.45) is 4.47. The van der Waals surface area contributed by atoms with Gasteiger partial charge in [0.2, 0.25) is 5.91 Å². The summed E-state index contributed by atoms with van der Waals surface area (Å²) in [6, 6.07) is 0. The molecule has 72 valence electrons. The van der Waals surface area contributed by atoms with Gasteiger partial charge in [-0.1, -0.05) is 6.92 Å². The second-order valence-electron chi connectivity index (χ2n) is 2.40. The molecule has 0 atom stereocenters. The normalized spacial score (nSPS) is 9.83. The Morgan fingerprint density at radius 2 is 2.25 bits per heavy atom. The lowest BCUT2D eigenvalue weighted by Crippen LogP contribution is -2.23. The van der Waals surface area contributed by atoms with Crippen LogP contribution in [0.1, 0.15) is 26.2 Å². The molecule has 3 nitrogen and oxygen atoms in total. The van der Waals surface area contributed by atoms with Crippen molar-refractivity contribution in [2.75, 3.05) is 19.4 Å². The van der Waals surface area contributed by atoms with Gasteiger partial charge in [0.05, 0.1) is 6.61 Å². The highest BCUT2D eigenvalue weighted by Gasteiger charge is 1.94. The molecule has 0 radical (unpaired) electrons. The average Bonchev–Trinajstić information content (AvgIpc) is 2.10. The third-order valence-corrected chi connectivity index (χ3v) is 1.82. The Hall–Kier alpha value is -0.220. The SMILES string of the molecule is CCC(=O)NCCCCOSC. The number of hydrogen-bond donors (Lipinski definition) is 1. The first-order valence-electron chi connectivity index (χ1n) is 4.23. The predicted octanol–water partition coefficient (Wildman–Crippen LogP) is 1.59. The van der Waals surface area contributed by atoms with Gasteiger partial charge in [-0.2, -0.15) is 0 Å². The van der Waals surface area contributed by atoms with Gasteiger partial charge in [-0.25, -0.2) is 0 Å². The molecule has 0 aliphatic carbocycles. The Morgan fingerprint density at radius 3 is 2.83 bits per heavy atom. The molecule has 0 aromatic heterocycles. The Morgan fingerprint density at radius 1 is 1.50 bits per heavy atom. The predicted molar refractivity (Wildman–Crippen MR) is 52.0 cm³/mol. The Labute approximate surface area is 78.5 Å². The van der Waals surface area contributed by atoms with E-state index in [1.54, 1.807) is 0 Å². The van der Waals surface area contributed by atoms with E-state index < -0.39 is 0 Å². The van der Waals surface area contributed by atoms with E-state index in [9.17, 15) is 4.79 Å². The number of hydrogen-bond acceptors (Lipinski definition) is 3. The number of amides is 1. The Kier molecular flexibility index (Phi) is 8.71. The third-order valence-electron chi connectivity index (χ3n) is 1.42. The van der Waals surface area contributed by atoms with Crippen LogP contribution in [-0.4, -0.2) is 25.3 Å². The summed E-state index contributed by atoms with van der Waals surface area (Å²) in [5.41, 5.74) is 0. The van der Waals surface area contributed by atoms with E-state index in [2.05, 4.69) is 5.32 Å². The summed E-state index contributed by atoms with van der Waals surface area (Å²) < 4.78 is 5.07. The molecule has 0 aromatic rings. The van der Waals surface area contributed by atoms with Gasteiger partial charge in [-0.15, -0.1) is 0 Å². The van der Waals surface area contributed by atoms with Crippen molar-refractivity contribution in [2.24, 2.45) is 0 Å². The van der Waals surface area contributed by atoms with Crippen molar-refractivity contribution in [1.29, 1.82) is 0 Å². The van der Waals surface area contributed by atoms with Crippen molar-refractivity contribution in [1.82, 2.24) is 5.32 Å². The molecule has 0 saturated carbocycles. The molecule has 0 rings (SSSR count). The van der Waals surface area contributed by atoms with Crippen molar-refractivity contribution >= 4 is 17.9 Å². The monoisotopic (exact) mass is 191 g/mol. The maximum atomic E-state index is 10.8. The second-order valence-corrected chi connectivity index (χ2v) is 2.97. The molecule has 0 spiro atoms. The van der Waals surface area contributed by atoms with E-state index in [-0.39, 0.29) is 5.91 Å². The van der Waals surface area contributed by atoms with E-state index in [0.29, 0.717) is 6.42 Å². The summed E-state index contributed by atoms with van der Waals surface area (Å²) in [5.74, 6) is 0.126. The average molecular weight is 191 g/mol. The molecule has 0 saturated heterocycles. The second kappa shape index (κ2) is 8.87. The highest BCUT2D eigenvalue weighted by Crippen LogP contribution is 1.97. The zero-order valence-corrected chi connectivity index (χ0v) is 8.58. The van der Waals surface area contributed by atoms with E-state index in [1.165, 1.54) is 12.0 Å². The van der Waals surface area contributed by atoms with Crippen LogP contribution in [0.2, 0.25) is 0 Å². The van der Waals surface area contributed by atoms with Crippen LogP contribution in [0.3, 0.4) is 0 Å². The first kappa shape index (κ1) is 11.8. The molecule has 0 unspecified atom stereocenters. The molecule has 0 aliphatic heterocycles. The van der Waals surface area contributed by atoms with Gasteiger partial charge in [0, 0.05) is 19.2 Å². The van der Waals surface area contributed by atoms with E-state index in [4.69, 9.17) is 4.18 Å². The van der Waals surface area contributed by atoms with Crippen LogP contribution in [0.5, 0.6) is 0 Å². The maximum absolute atomic E-state index is 10.8. The first-order chi connectivity index (χ1) is 5.81. The molecule has 0 aliphatic rings. The molecule has 1 N–H and O–H groups in total. The molecule has 0 bridgehead atoms. The van der Waals surface area contributed by atoms with E-state index >= 15 is 0 Å². The van der Waals surface area contributed by atoms with E-state index in [0.717, 1.165) is 26.0 Å². The fourth-order valence-electron chi connectivity index (χ4n) is 0.722. The van der Waals surface area contributed by atoms with Crippen molar-refractivity contribution in [3.8, 4) is 0 Å². The van der Waals surface area contributed by atoms with E-state index in [1.807, 2.05) is 13.2 Å². The van der Waals surface area contributed by atoms with Gasteiger partial charge in [-0.05, 0) is 24.9 Å². The number of carbonyl (C=O) groups excluding carboxylic acids is 1. The van der Waals surface area contributed by atoms with Crippen LogP contribution in [0.25, 0.3) is 0 Å². The van der Waals surface area contributed by atoms with Gasteiger partial charge in [0.1, 0.15) is 0 Å². The molecule has 12 heavy (non-hydrogen) atoms. The van der Waals surface area contributed by atoms with Crippen LogP contribution >= 0.6 is 12.0 Å². The molecule has 0 aromatic carbocycles. The van der Waals surface area contributed by atoms with Gasteiger partial charge >= 0.3 is 0 Å². The lowest BCUT2D eigenvalue weighted by molar-refractivity contribution is -0.120. The van der Waals surface area contributed by atoms with Crippen molar-refractivity contribution < 1.29 is 8.98 Å². The largest absolute Gasteiger partial charge is 0.356 e. The van der Waals surface area contributed by atoms with Gasteiger partial charge < -0.3 is 9.50 Å². The number of nitrogens with one attached hydrogen (secondary N) is 1. The van der Waals surface area contributed by atoms with Gasteiger partial charge in [-0.3, -0.25) is 4.79 Å². The summed E-state index contributed by atoms with van der Waals surface area (Å²) in [7, 11) is 0. The first-order valence-corrected chi connectivity index (χ1v) is 5.38. The van der Waals surface area contributed by atoms with Gasteiger partial charge in [0.15, 0.2) is 0 Å². The standard InChI is InChI=1S/C8H17NO2S/c1-3-8(10)9-6-4-5-7-11-12-2/h3-7H2,1-2H3,(H,9,10). The molecule has 4 heteroatoms. The Bertz CT molecular complexity index is 120. The number of unbranched alkanes of at least 4 members (excludes halogenated alkanes) is 1. The highest BCUT2D eigenvalue weighted by atomic mass is 32.2. The number of rotatable bonds is 7. The molecular weight excluding hydrogens is 174 g/mol. The summed E-state index contributed by atoms with van der Waals surface area (Å²) in [4.78, 5) is 10.8. The van der Waals surface area contributed by atoms with Gasteiger partial charge in [0.25, 0.3) is 0 Å². The molecule has 1 amide bonds. The van der Waals surface area contributed by atoms with Crippen molar-refractivity contribution in [2.45, 2.75) is 26.2 Å². The van der Waals surface area contributed by atoms with Crippen LogP contribution in [0.4, 0.5) is 0 Å². The zero-order chi connectivity index (χ0) is 9.23. The molecule has 0 fully saturated rings. The lowest BCUT2D eigenvalue weighted by Gasteiger charge is -2.02. The highest BCUT2D eigenvalue weighted by molar-refractivity contribution is 7.93. The van der Waals surface area contributed by atoms with Crippen LogP contribution in [-0.2, 0) is 8.98 Å². The van der Waals surface area contributed by atoms with Crippen LogP contribution in [0.15, 0.2) is 0 Å². The third kappa shape index (κ3) is 7.88. The van der Waals surface area contributed by atoms with Crippen LogP contribution in [0, 0.1) is 0 Å². The number of carbonyl (C=O) groups is 1. The topological polar surface area (TPSA) is 38.3 Å².